The summed E-state index contributed by atoms with van der Waals surface area (Å²) in [6.45, 7) is 0. The van der Waals surface area contributed by atoms with Crippen LogP contribution >= 0.6 is 0 Å². The fraction of sp³-hybridized carbons (Fsp3) is 0. The van der Waals surface area contributed by atoms with Crippen LogP contribution in [0.25, 0.3) is 21.8 Å². The van der Waals surface area contributed by atoms with E-state index in [1.165, 1.54) is 10.8 Å². The van der Waals surface area contributed by atoms with Crippen LogP contribution in [0.15, 0.2) is 85.2 Å². The Morgan fingerprint density at radius 2 is 1.04 bits per heavy atom. The minimum atomic E-state index is -1.50. The van der Waals surface area contributed by atoms with Crippen molar-refractivity contribution in [2.24, 2.45) is 0 Å². The monoisotopic (exact) mass is 321 g/mol. The summed E-state index contributed by atoms with van der Waals surface area (Å²) in [6.07, 6.45) is 3.62. The molecule has 0 aliphatic rings. The van der Waals surface area contributed by atoms with Crippen molar-refractivity contribution in [1.82, 2.24) is 9.97 Å². The van der Waals surface area contributed by atoms with Gasteiger partial charge in [0, 0.05) is 23.2 Å². The van der Waals surface area contributed by atoms with Crippen molar-refractivity contribution in [3.63, 3.8) is 0 Å². The normalized spacial score (nSPS) is 9.33. The van der Waals surface area contributed by atoms with Crippen LogP contribution in [0.3, 0.4) is 0 Å². The zero-order valence-electron chi connectivity index (χ0n) is 12.7. The first-order chi connectivity index (χ1) is 11.7. The van der Waals surface area contributed by atoms with E-state index < -0.39 is 5.09 Å². The van der Waals surface area contributed by atoms with Crippen LogP contribution in [-0.4, -0.2) is 20.3 Å². The predicted octanol–water partition coefficient (Wildman–Crippen LogP) is 4.12. The van der Waals surface area contributed by atoms with E-state index in [4.69, 9.17) is 15.3 Å². The van der Waals surface area contributed by atoms with Crippen LogP contribution < -0.4 is 0 Å². The summed E-state index contributed by atoms with van der Waals surface area (Å²) in [7, 11) is 0. The van der Waals surface area contributed by atoms with Crippen molar-refractivity contribution in [3.8, 4) is 0 Å². The van der Waals surface area contributed by atoms with E-state index in [2.05, 4.69) is 34.2 Å². The second-order valence-electron chi connectivity index (χ2n) is 4.63. The summed E-state index contributed by atoms with van der Waals surface area (Å²) < 4.78 is 0. The Morgan fingerprint density at radius 3 is 1.42 bits per heavy atom. The number of fused-ring (bicyclic) bond motifs is 2. The first-order valence-corrected chi connectivity index (χ1v) is 7.09. The van der Waals surface area contributed by atoms with E-state index in [-0.39, 0.29) is 0 Å². The number of nitrogens with zero attached hydrogens (tertiary/aromatic N) is 3. The molecule has 0 atom stereocenters. The highest BCUT2D eigenvalue weighted by molar-refractivity contribution is 5.78. The molecule has 0 aliphatic heterocycles. The molecule has 6 heteroatoms. The van der Waals surface area contributed by atoms with Crippen LogP contribution in [-0.2, 0) is 0 Å². The molecule has 0 saturated heterocycles. The van der Waals surface area contributed by atoms with Crippen molar-refractivity contribution in [2.45, 2.75) is 0 Å². The van der Waals surface area contributed by atoms with Gasteiger partial charge in [0.2, 0.25) is 0 Å². The zero-order chi connectivity index (χ0) is 17.2. The lowest BCUT2D eigenvalue weighted by Gasteiger charge is -1.91. The molecule has 0 saturated carbocycles. The maximum Gasteiger partial charge on any atom is 0.291 e. The second-order valence-corrected chi connectivity index (χ2v) is 4.63. The van der Waals surface area contributed by atoms with E-state index in [9.17, 15) is 0 Å². The molecule has 0 amide bonds. The van der Waals surface area contributed by atoms with Gasteiger partial charge < -0.3 is 5.21 Å². The van der Waals surface area contributed by atoms with Gasteiger partial charge in [-0.3, -0.25) is 9.97 Å². The van der Waals surface area contributed by atoms with Gasteiger partial charge in [-0.15, -0.1) is 10.1 Å². The zero-order valence-corrected chi connectivity index (χ0v) is 12.7. The average molecular weight is 321 g/mol. The van der Waals surface area contributed by atoms with Gasteiger partial charge in [0.25, 0.3) is 5.09 Å². The van der Waals surface area contributed by atoms with Crippen LogP contribution in [0.5, 0.6) is 0 Å². The van der Waals surface area contributed by atoms with E-state index >= 15 is 0 Å². The molecule has 0 radical (unpaired) electrons. The van der Waals surface area contributed by atoms with E-state index in [1.807, 2.05) is 60.9 Å². The summed E-state index contributed by atoms with van der Waals surface area (Å²) in [5.74, 6) is 0. The molecule has 0 fully saturated rings. The fourth-order valence-electron chi connectivity index (χ4n) is 2.03. The van der Waals surface area contributed by atoms with Gasteiger partial charge in [-0.1, -0.05) is 48.5 Å². The minimum Gasteiger partial charge on any atom is -0.328 e. The Bertz CT molecular complexity index is 723. The Hall–Kier alpha value is -3.54. The molecule has 24 heavy (non-hydrogen) atoms. The lowest BCUT2D eigenvalue weighted by atomic mass is 10.2. The van der Waals surface area contributed by atoms with Gasteiger partial charge in [-0.2, -0.15) is 0 Å². The summed E-state index contributed by atoms with van der Waals surface area (Å²) in [5, 5.41) is 16.0. The molecular weight excluding hydrogens is 306 g/mol. The van der Waals surface area contributed by atoms with Gasteiger partial charge in [-0.25, -0.2) is 0 Å². The van der Waals surface area contributed by atoms with E-state index in [0.29, 0.717) is 0 Å². The molecule has 1 N–H and O–H groups in total. The van der Waals surface area contributed by atoms with Gasteiger partial charge in [0.05, 0.1) is 11.0 Å². The molecule has 2 aromatic heterocycles. The highest BCUT2D eigenvalue weighted by Gasteiger charge is 1.87. The fourth-order valence-corrected chi connectivity index (χ4v) is 2.03. The van der Waals surface area contributed by atoms with Crippen molar-refractivity contribution in [2.75, 3.05) is 0 Å². The van der Waals surface area contributed by atoms with Crippen molar-refractivity contribution in [1.29, 1.82) is 0 Å². The Kier molecular flexibility index (Phi) is 6.16. The van der Waals surface area contributed by atoms with Crippen LogP contribution in [0.2, 0.25) is 0 Å². The van der Waals surface area contributed by atoms with Crippen molar-refractivity contribution < 1.29 is 10.3 Å². The topological polar surface area (TPSA) is 89.2 Å². The van der Waals surface area contributed by atoms with Gasteiger partial charge in [0.15, 0.2) is 0 Å². The standard InChI is InChI=1S/2C9H7N.HNO3/c2*1-2-6-9-8(4-1)5-3-7-10-9;2-1(3)4/h2*1-7H;(H,2,3,4). The maximum absolute atomic E-state index is 8.36. The van der Waals surface area contributed by atoms with Gasteiger partial charge >= 0.3 is 0 Å². The Balaban J connectivity index is 0.000000143. The molecule has 6 nitrogen and oxygen atoms in total. The van der Waals surface area contributed by atoms with Gasteiger partial charge in [-0.05, 0) is 24.3 Å². The maximum atomic E-state index is 8.36. The predicted molar refractivity (Wildman–Crippen MR) is 92.3 cm³/mol. The smallest absolute Gasteiger partial charge is 0.291 e. The molecule has 2 aromatic carbocycles. The van der Waals surface area contributed by atoms with Crippen LogP contribution in [0.4, 0.5) is 0 Å². The lowest BCUT2D eigenvalue weighted by molar-refractivity contribution is -0.742. The molecule has 4 rings (SSSR count). The van der Waals surface area contributed by atoms with Gasteiger partial charge in [0.1, 0.15) is 0 Å². The third-order valence-electron chi connectivity index (χ3n) is 3.02. The number of rotatable bonds is 0. The lowest BCUT2D eigenvalue weighted by Crippen LogP contribution is -1.81. The summed E-state index contributed by atoms with van der Waals surface area (Å²) >= 11 is 0. The number of hydrogen-bond donors (Lipinski definition) is 1. The largest absolute Gasteiger partial charge is 0.328 e. The van der Waals surface area contributed by atoms with E-state index in [0.717, 1.165) is 11.0 Å². The first-order valence-electron chi connectivity index (χ1n) is 7.09. The van der Waals surface area contributed by atoms with Crippen LogP contribution in [0, 0.1) is 10.1 Å². The third kappa shape index (κ3) is 5.34. The molecule has 4 aromatic rings. The Labute approximate surface area is 138 Å². The summed E-state index contributed by atoms with van der Waals surface area (Å²) in [5.41, 5.74) is 2.12. The van der Waals surface area contributed by atoms with Crippen molar-refractivity contribution in [3.05, 3.63) is 95.3 Å². The average Bonchev–Trinajstić information content (AvgIpc) is 2.62. The Morgan fingerprint density at radius 1 is 0.708 bits per heavy atom. The van der Waals surface area contributed by atoms with Crippen molar-refractivity contribution >= 4 is 21.8 Å². The quantitative estimate of drug-likeness (QED) is 0.388. The SMILES string of the molecule is O=[N+]([O-])O.c1ccc2ncccc2c1.c1ccc2ncccc2c1. The number of pyridine rings is 2. The minimum absolute atomic E-state index is 1.06. The number of hydrogen-bond acceptors (Lipinski definition) is 4. The van der Waals surface area contributed by atoms with E-state index in [1.54, 1.807) is 0 Å². The third-order valence-corrected chi connectivity index (χ3v) is 3.02. The molecule has 2 heterocycles. The molecule has 0 spiro atoms. The highest BCUT2D eigenvalue weighted by atomic mass is 16.9. The summed E-state index contributed by atoms with van der Waals surface area (Å²) in [6, 6.07) is 24.2. The molecule has 120 valence electrons. The van der Waals surface area contributed by atoms with Crippen LogP contribution in [0.1, 0.15) is 0 Å². The highest BCUT2D eigenvalue weighted by Crippen LogP contribution is 2.08. The number of benzene rings is 2. The summed E-state index contributed by atoms with van der Waals surface area (Å²) in [4.78, 5) is 16.7. The molecule has 0 aliphatic carbocycles. The molecule has 0 unspecified atom stereocenters. The molecule has 0 bridgehead atoms. The number of para-hydroxylation sites is 2. The molecular formula is C18H15N3O3. The second kappa shape index (κ2) is 8.79. The first kappa shape index (κ1) is 16.8. The number of aromatic nitrogens is 2.